The number of hydrogen-bond acceptors (Lipinski definition) is 4. The third-order valence-electron chi connectivity index (χ3n) is 4.07. The van der Waals surface area contributed by atoms with Gasteiger partial charge in [0.2, 0.25) is 0 Å². The summed E-state index contributed by atoms with van der Waals surface area (Å²) in [6.45, 7) is 1.17. The lowest BCUT2D eigenvalue weighted by molar-refractivity contribution is 0.0950. The van der Waals surface area contributed by atoms with Gasteiger partial charge in [0.05, 0.1) is 20.8 Å². The first-order valence-corrected chi connectivity index (χ1v) is 7.96. The molecule has 1 heterocycles. The van der Waals surface area contributed by atoms with Crippen molar-refractivity contribution in [3.8, 4) is 17.2 Å². The lowest BCUT2D eigenvalue weighted by Gasteiger charge is -2.17. The van der Waals surface area contributed by atoms with Gasteiger partial charge in [-0.25, -0.2) is 0 Å². The van der Waals surface area contributed by atoms with E-state index in [1.807, 2.05) is 30.3 Å². The quantitative estimate of drug-likeness (QED) is 0.917. The van der Waals surface area contributed by atoms with Gasteiger partial charge in [0.1, 0.15) is 5.75 Å². The molecule has 0 radical (unpaired) electrons. The van der Waals surface area contributed by atoms with Crippen molar-refractivity contribution in [2.45, 2.75) is 19.4 Å². The van der Waals surface area contributed by atoms with Gasteiger partial charge < -0.3 is 19.5 Å². The van der Waals surface area contributed by atoms with Crippen molar-refractivity contribution < 1.29 is 19.0 Å². The average molecular weight is 327 g/mol. The van der Waals surface area contributed by atoms with Crippen molar-refractivity contribution in [3.63, 3.8) is 0 Å². The van der Waals surface area contributed by atoms with E-state index in [4.69, 9.17) is 14.2 Å². The maximum atomic E-state index is 12.4. The Bertz CT molecular complexity index is 742. The first-order valence-electron chi connectivity index (χ1n) is 7.96. The smallest absolute Gasteiger partial charge is 0.251 e. The maximum absolute atomic E-state index is 12.4. The zero-order valence-corrected chi connectivity index (χ0v) is 13.9. The SMILES string of the molecule is COc1ccc(CNC(=O)c2ccc3c(c2)CCCO3)cc1OC. The highest BCUT2D eigenvalue weighted by atomic mass is 16.5. The van der Waals surface area contributed by atoms with E-state index in [1.165, 1.54) is 0 Å². The zero-order valence-electron chi connectivity index (χ0n) is 13.9. The Hall–Kier alpha value is -2.69. The molecule has 1 amide bonds. The summed E-state index contributed by atoms with van der Waals surface area (Å²) >= 11 is 0. The van der Waals surface area contributed by atoms with Crippen molar-refractivity contribution in [2.24, 2.45) is 0 Å². The molecule has 0 atom stereocenters. The van der Waals surface area contributed by atoms with Crippen LogP contribution in [-0.4, -0.2) is 26.7 Å². The van der Waals surface area contributed by atoms with Crippen molar-refractivity contribution in [1.82, 2.24) is 5.32 Å². The number of carbonyl (C=O) groups is 1. The van der Waals surface area contributed by atoms with Crippen LogP contribution in [0.25, 0.3) is 0 Å². The van der Waals surface area contributed by atoms with E-state index in [-0.39, 0.29) is 5.91 Å². The molecule has 1 aliphatic heterocycles. The second kappa shape index (κ2) is 7.25. The minimum absolute atomic E-state index is 0.0989. The minimum Gasteiger partial charge on any atom is -0.493 e. The number of nitrogens with one attached hydrogen (secondary N) is 1. The molecule has 0 saturated carbocycles. The van der Waals surface area contributed by atoms with Crippen LogP contribution in [-0.2, 0) is 13.0 Å². The van der Waals surface area contributed by atoms with E-state index >= 15 is 0 Å². The fourth-order valence-electron chi connectivity index (χ4n) is 2.78. The predicted molar refractivity (Wildman–Crippen MR) is 91.0 cm³/mol. The molecule has 1 aliphatic rings. The van der Waals surface area contributed by atoms with Crippen molar-refractivity contribution >= 4 is 5.91 Å². The van der Waals surface area contributed by atoms with E-state index in [0.29, 0.717) is 23.6 Å². The highest BCUT2D eigenvalue weighted by molar-refractivity contribution is 5.94. The Morgan fingerprint density at radius 3 is 2.75 bits per heavy atom. The molecule has 5 heteroatoms. The molecule has 2 aromatic carbocycles. The van der Waals surface area contributed by atoms with Crippen LogP contribution in [0.3, 0.4) is 0 Å². The lowest BCUT2D eigenvalue weighted by Crippen LogP contribution is -2.23. The number of aryl methyl sites for hydroxylation is 1. The van der Waals surface area contributed by atoms with Gasteiger partial charge in [-0.05, 0) is 54.3 Å². The van der Waals surface area contributed by atoms with Crippen LogP contribution >= 0.6 is 0 Å². The zero-order chi connectivity index (χ0) is 16.9. The summed E-state index contributed by atoms with van der Waals surface area (Å²) < 4.78 is 16.1. The standard InChI is InChI=1S/C19H21NO4/c1-22-17-7-5-13(10-18(17)23-2)12-20-19(21)15-6-8-16-14(11-15)4-3-9-24-16/h5-8,10-11H,3-4,9,12H2,1-2H3,(H,20,21). The molecule has 2 aromatic rings. The molecule has 126 valence electrons. The van der Waals surface area contributed by atoms with Gasteiger partial charge in [0.25, 0.3) is 5.91 Å². The van der Waals surface area contributed by atoms with E-state index in [9.17, 15) is 4.79 Å². The molecule has 0 saturated heterocycles. The normalized spacial score (nSPS) is 12.8. The van der Waals surface area contributed by atoms with Gasteiger partial charge >= 0.3 is 0 Å². The third-order valence-corrected chi connectivity index (χ3v) is 4.07. The number of ether oxygens (including phenoxy) is 3. The van der Waals surface area contributed by atoms with Gasteiger partial charge in [-0.2, -0.15) is 0 Å². The van der Waals surface area contributed by atoms with E-state index in [0.717, 1.165) is 36.3 Å². The highest BCUT2D eigenvalue weighted by Gasteiger charge is 2.14. The first kappa shape index (κ1) is 16.2. The Morgan fingerprint density at radius 2 is 1.96 bits per heavy atom. The average Bonchev–Trinajstić information content (AvgIpc) is 2.65. The number of hydrogen-bond donors (Lipinski definition) is 1. The minimum atomic E-state index is -0.0989. The summed E-state index contributed by atoms with van der Waals surface area (Å²) in [7, 11) is 3.19. The molecule has 0 unspecified atom stereocenters. The predicted octanol–water partition coefficient (Wildman–Crippen LogP) is 2.96. The van der Waals surface area contributed by atoms with Crippen LogP contribution in [0.15, 0.2) is 36.4 Å². The molecule has 0 bridgehead atoms. The number of carbonyl (C=O) groups excluding carboxylic acids is 1. The van der Waals surface area contributed by atoms with Crippen molar-refractivity contribution in [1.29, 1.82) is 0 Å². The second-order valence-electron chi connectivity index (χ2n) is 5.65. The molecule has 0 fully saturated rings. The summed E-state index contributed by atoms with van der Waals surface area (Å²) in [4.78, 5) is 12.4. The Balaban J connectivity index is 1.67. The molecule has 24 heavy (non-hydrogen) atoms. The van der Waals surface area contributed by atoms with Gasteiger partial charge in [-0.3, -0.25) is 4.79 Å². The molecule has 0 aliphatic carbocycles. The first-order chi connectivity index (χ1) is 11.7. The lowest BCUT2D eigenvalue weighted by atomic mass is 10.0. The largest absolute Gasteiger partial charge is 0.493 e. The summed E-state index contributed by atoms with van der Waals surface area (Å²) in [6.07, 6.45) is 1.94. The number of methoxy groups -OCH3 is 2. The second-order valence-corrected chi connectivity index (χ2v) is 5.65. The van der Waals surface area contributed by atoms with Gasteiger partial charge in [0, 0.05) is 12.1 Å². The molecule has 3 rings (SSSR count). The van der Waals surface area contributed by atoms with E-state index < -0.39 is 0 Å². The van der Waals surface area contributed by atoms with E-state index in [1.54, 1.807) is 20.3 Å². The van der Waals surface area contributed by atoms with Crippen LogP contribution in [0, 0.1) is 0 Å². The monoisotopic (exact) mass is 327 g/mol. The Morgan fingerprint density at radius 1 is 1.12 bits per heavy atom. The van der Waals surface area contributed by atoms with Crippen molar-refractivity contribution in [2.75, 3.05) is 20.8 Å². The van der Waals surface area contributed by atoms with Crippen LogP contribution in [0.5, 0.6) is 17.2 Å². The number of rotatable bonds is 5. The van der Waals surface area contributed by atoms with Gasteiger partial charge in [0.15, 0.2) is 11.5 Å². The molecular weight excluding hydrogens is 306 g/mol. The molecule has 1 N–H and O–H groups in total. The number of fused-ring (bicyclic) bond motifs is 1. The molecular formula is C19H21NO4. The summed E-state index contributed by atoms with van der Waals surface area (Å²) in [6, 6.07) is 11.2. The number of amides is 1. The summed E-state index contributed by atoms with van der Waals surface area (Å²) in [5.41, 5.74) is 2.70. The highest BCUT2D eigenvalue weighted by Crippen LogP contribution is 2.28. The topological polar surface area (TPSA) is 56.8 Å². The van der Waals surface area contributed by atoms with E-state index in [2.05, 4.69) is 5.32 Å². The fourth-order valence-corrected chi connectivity index (χ4v) is 2.78. The molecule has 5 nitrogen and oxygen atoms in total. The summed E-state index contributed by atoms with van der Waals surface area (Å²) in [5, 5.41) is 2.93. The molecule has 0 spiro atoms. The van der Waals surface area contributed by atoms with Crippen LogP contribution in [0.2, 0.25) is 0 Å². The van der Waals surface area contributed by atoms with Crippen LogP contribution < -0.4 is 19.5 Å². The molecule has 0 aromatic heterocycles. The maximum Gasteiger partial charge on any atom is 0.251 e. The number of benzene rings is 2. The fraction of sp³-hybridized carbons (Fsp3) is 0.316. The third kappa shape index (κ3) is 3.45. The van der Waals surface area contributed by atoms with Crippen molar-refractivity contribution in [3.05, 3.63) is 53.1 Å². The van der Waals surface area contributed by atoms with Gasteiger partial charge in [-0.1, -0.05) is 6.07 Å². The summed E-state index contributed by atoms with van der Waals surface area (Å²) in [5.74, 6) is 2.10. The van der Waals surface area contributed by atoms with Gasteiger partial charge in [-0.15, -0.1) is 0 Å². The Kier molecular flexibility index (Phi) is 4.89. The van der Waals surface area contributed by atoms with Crippen LogP contribution in [0.4, 0.5) is 0 Å². The van der Waals surface area contributed by atoms with Crippen LogP contribution in [0.1, 0.15) is 27.9 Å². The Labute approximate surface area is 141 Å².